The van der Waals surface area contributed by atoms with E-state index in [0.717, 1.165) is 49.2 Å². The van der Waals surface area contributed by atoms with Crippen LogP contribution in [0.4, 0.5) is 17.6 Å². The molecule has 1 saturated heterocycles. The van der Waals surface area contributed by atoms with Crippen molar-refractivity contribution in [1.29, 1.82) is 0 Å². The lowest BCUT2D eigenvalue weighted by Gasteiger charge is -2.37. The number of benzene rings is 2. The minimum Gasteiger partial charge on any atom is -0.334 e. The molecule has 0 aliphatic carbocycles. The maximum atomic E-state index is 14.0. The van der Waals surface area contributed by atoms with Crippen molar-refractivity contribution in [2.45, 2.75) is 62.4 Å². The van der Waals surface area contributed by atoms with Crippen molar-refractivity contribution < 1.29 is 22.4 Å². The van der Waals surface area contributed by atoms with Crippen LogP contribution in [0.3, 0.4) is 0 Å². The molecule has 0 saturated carbocycles. The van der Waals surface area contributed by atoms with Gasteiger partial charge in [0.1, 0.15) is 18.1 Å². The standard InChI is InChI=1S/C33H34F4N6O2S/c1-3-28-31(45)39-32(46-21-22-4-11-26(34)12-5-22)43(40-28)20-30(44)42(27-14-16-41(2)17-15-27)19-23-6-13-29(38-18-23)24-7-9-25(10-8-24)33(35,36)37/h4-13,18,27H,3,14-17,19-21H2,1-2H3. The van der Waals surface area contributed by atoms with Gasteiger partial charge in [0.2, 0.25) is 5.91 Å². The molecule has 8 nitrogen and oxygen atoms in total. The van der Waals surface area contributed by atoms with Crippen LogP contribution in [0, 0.1) is 5.82 Å². The van der Waals surface area contributed by atoms with E-state index in [-0.39, 0.29) is 36.5 Å². The lowest BCUT2D eigenvalue weighted by molar-refractivity contribution is -0.138. The van der Waals surface area contributed by atoms with Crippen LogP contribution in [-0.2, 0) is 36.2 Å². The van der Waals surface area contributed by atoms with Gasteiger partial charge in [0.15, 0.2) is 5.16 Å². The van der Waals surface area contributed by atoms with Gasteiger partial charge in [-0.25, -0.2) is 9.07 Å². The summed E-state index contributed by atoms with van der Waals surface area (Å²) in [6, 6.07) is 14.4. The average Bonchev–Trinajstić information content (AvgIpc) is 3.04. The zero-order valence-electron chi connectivity index (χ0n) is 25.5. The van der Waals surface area contributed by atoms with Gasteiger partial charge in [-0.1, -0.05) is 49.0 Å². The molecule has 13 heteroatoms. The number of pyridine rings is 1. The number of amides is 1. The quantitative estimate of drug-likeness (QED) is 0.157. The smallest absolute Gasteiger partial charge is 0.334 e. The van der Waals surface area contributed by atoms with Crippen LogP contribution in [0.15, 0.2) is 76.8 Å². The maximum Gasteiger partial charge on any atom is 0.416 e. The second-order valence-corrected chi connectivity index (χ2v) is 12.2. The third-order valence-corrected chi connectivity index (χ3v) is 8.98. The summed E-state index contributed by atoms with van der Waals surface area (Å²) in [5.74, 6) is -0.129. The van der Waals surface area contributed by atoms with E-state index in [0.29, 0.717) is 28.6 Å². The number of hydrogen-bond donors (Lipinski definition) is 0. The molecule has 0 radical (unpaired) electrons. The Morgan fingerprint density at radius 1 is 1.00 bits per heavy atom. The number of alkyl halides is 3. The molecule has 1 aliphatic rings. The van der Waals surface area contributed by atoms with Gasteiger partial charge >= 0.3 is 6.18 Å². The number of carbonyl (C=O) groups excluding carboxylic acids is 1. The molecule has 5 rings (SSSR count). The van der Waals surface area contributed by atoms with Crippen molar-refractivity contribution in [3.05, 3.63) is 105 Å². The first-order valence-electron chi connectivity index (χ1n) is 15.0. The Bertz CT molecular complexity index is 1690. The first-order valence-corrected chi connectivity index (χ1v) is 15.9. The Morgan fingerprint density at radius 3 is 2.28 bits per heavy atom. The molecule has 0 unspecified atom stereocenters. The number of hydrogen-bond acceptors (Lipinski definition) is 7. The Kier molecular flexibility index (Phi) is 10.5. The first kappa shape index (κ1) is 33.3. The number of aryl methyl sites for hydroxylation is 1. The van der Waals surface area contributed by atoms with E-state index in [1.54, 1.807) is 31.3 Å². The van der Waals surface area contributed by atoms with Crippen molar-refractivity contribution in [1.82, 2.24) is 29.5 Å². The van der Waals surface area contributed by atoms with Gasteiger partial charge in [-0.2, -0.15) is 23.3 Å². The van der Waals surface area contributed by atoms with Crippen molar-refractivity contribution >= 4 is 17.7 Å². The molecular formula is C33H34F4N6O2S. The van der Waals surface area contributed by atoms with E-state index in [4.69, 9.17) is 0 Å². The number of carbonyl (C=O) groups is 1. The van der Waals surface area contributed by atoms with Gasteiger partial charge in [0.05, 0.1) is 11.3 Å². The lowest BCUT2D eigenvalue weighted by Crippen LogP contribution is -2.47. The summed E-state index contributed by atoms with van der Waals surface area (Å²) < 4.78 is 53.8. The highest BCUT2D eigenvalue weighted by atomic mass is 32.2. The monoisotopic (exact) mass is 654 g/mol. The molecule has 0 spiro atoms. The fourth-order valence-electron chi connectivity index (χ4n) is 5.26. The number of nitrogens with zero attached hydrogens (tertiary/aromatic N) is 6. The van der Waals surface area contributed by atoms with Crippen LogP contribution in [0.5, 0.6) is 0 Å². The zero-order valence-corrected chi connectivity index (χ0v) is 26.3. The summed E-state index contributed by atoms with van der Waals surface area (Å²) in [6.45, 7) is 3.61. The normalized spacial score (nSPS) is 14.4. The minimum absolute atomic E-state index is 0.0356. The lowest BCUT2D eigenvalue weighted by atomic mass is 10.0. The van der Waals surface area contributed by atoms with E-state index >= 15 is 0 Å². The number of aromatic nitrogens is 4. The van der Waals surface area contributed by atoms with Crippen LogP contribution in [0.2, 0.25) is 0 Å². The molecule has 4 aromatic rings. The van der Waals surface area contributed by atoms with Gasteiger partial charge in [-0.15, -0.1) is 0 Å². The van der Waals surface area contributed by atoms with Crippen LogP contribution < -0.4 is 5.56 Å². The topological polar surface area (TPSA) is 84.2 Å². The van der Waals surface area contributed by atoms with Gasteiger partial charge in [-0.3, -0.25) is 14.6 Å². The summed E-state index contributed by atoms with van der Waals surface area (Å²) in [5, 5.41) is 4.79. The molecular weight excluding hydrogens is 620 g/mol. The Morgan fingerprint density at radius 2 is 1.67 bits per heavy atom. The molecule has 242 valence electrons. The second kappa shape index (κ2) is 14.5. The van der Waals surface area contributed by atoms with E-state index in [1.807, 2.05) is 18.0 Å². The Balaban J connectivity index is 1.37. The number of thioether (sulfide) groups is 1. The van der Waals surface area contributed by atoms with Gasteiger partial charge < -0.3 is 9.80 Å². The summed E-state index contributed by atoms with van der Waals surface area (Å²) in [5.41, 5.74) is 1.76. The second-order valence-electron chi connectivity index (χ2n) is 11.3. The number of piperidine rings is 1. The number of halogens is 4. The molecule has 1 amide bonds. The van der Waals surface area contributed by atoms with E-state index in [9.17, 15) is 27.2 Å². The molecule has 3 heterocycles. The fourth-order valence-corrected chi connectivity index (χ4v) is 6.15. The summed E-state index contributed by atoms with van der Waals surface area (Å²) in [4.78, 5) is 39.4. The molecule has 0 bridgehead atoms. The van der Waals surface area contributed by atoms with E-state index < -0.39 is 17.3 Å². The molecule has 46 heavy (non-hydrogen) atoms. The van der Waals surface area contributed by atoms with Crippen molar-refractivity contribution in [3.8, 4) is 11.3 Å². The molecule has 1 aliphatic heterocycles. The van der Waals surface area contributed by atoms with Gasteiger partial charge in [-0.05, 0) is 80.9 Å². The minimum atomic E-state index is -4.42. The van der Waals surface area contributed by atoms with Crippen molar-refractivity contribution in [3.63, 3.8) is 0 Å². The van der Waals surface area contributed by atoms with Gasteiger partial charge in [0.25, 0.3) is 5.56 Å². The van der Waals surface area contributed by atoms with Crippen molar-refractivity contribution in [2.75, 3.05) is 20.1 Å². The van der Waals surface area contributed by atoms with Crippen LogP contribution >= 0.6 is 11.8 Å². The predicted octanol–water partition coefficient (Wildman–Crippen LogP) is 5.84. The van der Waals surface area contributed by atoms with E-state index in [1.165, 1.54) is 40.7 Å². The third-order valence-electron chi connectivity index (χ3n) is 7.94. The Labute approximate surface area is 268 Å². The molecule has 0 N–H and O–H groups in total. The molecule has 2 aromatic heterocycles. The molecule has 0 atom stereocenters. The highest BCUT2D eigenvalue weighted by Crippen LogP contribution is 2.31. The Hall–Kier alpha value is -4.10. The van der Waals surface area contributed by atoms with Crippen LogP contribution in [0.25, 0.3) is 11.3 Å². The van der Waals surface area contributed by atoms with Crippen LogP contribution in [0.1, 0.15) is 42.1 Å². The highest BCUT2D eigenvalue weighted by molar-refractivity contribution is 7.98. The average molecular weight is 655 g/mol. The largest absolute Gasteiger partial charge is 0.416 e. The van der Waals surface area contributed by atoms with E-state index in [2.05, 4.69) is 20.0 Å². The van der Waals surface area contributed by atoms with Gasteiger partial charge in [0, 0.05) is 30.1 Å². The third kappa shape index (κ3) is 8.38. The highest BCUT2D eigenvalue weighted by Gasteiger charge is 2.30. The number of rotatable bonds is 10. The predicted molar refractivity (Wildman–Crippen MR) is 167 cm³/mol. The molecule has 2 aromatic carbocycles. The first-order chi connectivity index (χ1) is 22.0. The molecule has 1 fully saturated rings. The number of likely N-dealkylation sites (tertiary alicyclic amines) is 1. The summed E-state index contributed by atoms with van der Waals surface area (Å²) in [6.07, 6.45) is -0.858. The zero-order chi connectivity index (χ0) is 32.8. The maximum absolute atomic E-state index is 14.0. The van der Waals surface area contributed by atoms with Crippen molar-refractivity contribution in [2.24, 2.45) is 0 Å². The fraction of sp³-hybridized carbons (Fsp3) is 0.364. The summed E-state index contributed by atoms with van der Waals surface area (Å²) in [7, 11) is 2.04. The van der Waals surface area contributed by atoms with Crippen LogP contribution in [-0.4, -0.2) is 61.6 Å². The SMILES string of the molecule is CCc1nn(CC(=O)N(Cc2ccc(-c3ccc(C(F)(F)F)cc3)nc2)C2CCN(C)CC2)c(SCc2ccc(F)cc2)nc1=O. The summed E-state index contributed by atoms with van der Waals surface area (Å²) >= 11 is 1.25.